The zero-order valence-corrected chi connectivity index (χ0v) is 9.33. The summed E-state index contributed by atoms with van der Waals surface area (Å²) >= 11 is 0. The van der Waals surface area contributed by atoms with Crippen LogP contribution in [0.25, 0.3) is 0 Å². The van der Waals surface area contributed by atoms with Gasteiger partial charge in [-0.25, -0.2) is 5.17 Å². The van der Waals surface area contributed by atoms with Crippen LogP contribution in [0.3, 0.4) is 0 Å². The third-order valence-corrected chi connectivity index (χ3v) is 2.51. The van der Waals surface area contributed by atoms with Gasteiger partial charge in [0.1, 0.15) is 12.3 Å². The van der Waals surface area contributed by atoms with Crippen LogP contribution in [-0.2, 0) is 6.54 Å². The molecule has 0 heterocycles. The zero-order chi connectivity index (χ0) is 11.4. The SMILES string of the molecule is C=N[NH+]([O-])Cc1c(C)ccc(OC)c1C. The van der Waals surface area contributed by atoms with Crippen LogP contribution < -0.4 is 9.91 Å². The Bertz CT molecular complexity index is 364. The quantitative estimate of drug-likeness (QED) is 0.588. The van der Waals surface area contributed by atoms with E-state index < -0.39 is 0 Å². The van der Waals surface area contributed by atoms with Crippen molar-refractivity contribution in [3.05, 3.63) is 34.0 Å². The van der Waals surface area contributed by atoms with Crippen molar-refractivity contribution < 1.29 is 9.91 Å². The van der Waals surface area contributed by atoms with Crippen molar-refractivity contribution in [1.82, 2.24) is 0 Å². The number of methoxy groups -OCH3 is 1. The van der Waals surface area contributed by atoms with Gasteiger partial charge in [0.15, 0.2) is 0 Å². The Morgan fingerprint density at radius 1 is 1.47 bits per heavy atom. The first-order chi connectivity index (χ1) is 7.10. The van der Waals surface area contributed by atoms with Crippen molar-refractivity contribution >= 4 is 6.72 Å². The molecule has 0 bridgehead atoms. The monoisotopic (exact) mass is 208 g/mol. The molecule has 1 atom stereocenters. The molecule has 0 aliphatic heterocycles. The lowest BCUT2D eigenvalue weighted by Crippen LogP contribution is -3.00. The molecule has 4 nitrogen and oxygen atoms in total. The Labute approximate surface area is 89.7 Å². The normalized spacial score (nSPS) is 12.3. The highest BCUT2D eigenvalue weighted by Gasteiger charge is 2.10. The zero-order valence-electron chi connectivity index (χ0n) is 9.33. The molecule has 1 unspecified atom stereocenters. The maximum atomic E-state index is 11.2. The average molecular weight is 208 g/mol. The van der Waals surface area contributed by atoms with Gasteiger partial charge in [-0.3, -0.25) is 0 Å². The van der Waals surface area contributed by atoms with E-state index >= 15 is 0 Å². The van der Waals surface area contributed by atoms with Crippen molar-refractivity contribution in [2.24, 2.45) is 5.10 Å². The molecule has 0 saturated heterocycles. The van der Waals surface area contributed by atoms with Gasteiger partial charge in [0.2, 0.25) is 0 Å². The summed E-state index contributed by atoms with van der Waals surface area (Å²) in [5.41, 5.74) is 3.05. The molecular weight excluding hydrogens is 192 g/mol. The van der Waals surface area contributed by atoms with Crippen LogP contribution in [-0.4, -0.2) is 13.8 Å². The minimum atomic E-state index is -0.213. The van der Waals surface area contributed by atoms with Crippen LogP contribution in [0.2, 0.25) is 0 Å². The van der Waals surface area contributed by atoms with Crippen molar-refractivity contribution in [3.8, 4) is 5.75 Å². The Morgan fingerprint density at radius 2 is 2.13 bits per heavy atom. The molecule has 0 saturated carbocycles. The number of ether oxygens (including phenoxy) is 1. The van der Waals surface area contributed by atoms with E-state index in [2.05, 4.69) is 11.8 Å². The first kappa shape index (κ1) is 11.7. The van der Waals surface area contributed by atoms with Crippen LogP contribution >= 0.6 is 0 Å². The van der Waals surface area contributed by atoms with E-state index in [9.17, 15) is 5.21 Å². The maximum Gasteiger partial charge on any atom is 0.127 e. The molecule has 0 fully saturated rings. The second kappa shape index (κ2) is 4.91. The molecule has 0 radical (unpaired) electrons. The Balaban J connectivity index is 3.09. The fraction of sp³-hybridized carbons (Fsp3) is 0.364. The van der Waals surface area contributed by atoms with Crippen LogP contribution in [0.5, 0.6) is 5.75 Å². The van der Waals surface area contributed by atoms with Gasteiger partial charge < -0.3 is 9.94 Å². The van der Waals surface area contributed by atoms with E-state index in [0.29, 0.717) is 6.54 Å². The number of hydroxylamine groups is 1. The minimum absolute atomic E-state index is 0.213. The molecule has 0 aliphatic carbocycles. The number of nitrogens with zero attached hydrogens (tertiary/aromatic N) is 1. The summed E-state index contributed by atoms with van der Waals surface area (Å²) in [5, 5.41) is 14.4. The largest absolute Gasteiger partial charge is 0.606 e. The smallest absolute Gasteiger partial charge is 0.127 e. The van der Waals surface area contributed by atoms with Crippen LogP contribution in [0, 0.1) is 19.1 Å². The topological polar surface area (TPSA) is 49.1 Å². The number of hydrogen-bond donors (Lipinski definition) is 1. The molecule has 0 aliphatic rings. The predicted molar refractivity (Wildman–Crippen MR) is 60.1 cm³/mol. The molecular formula is C11H16N2O2. The molecule has 0 aromatic heterocycles. The molecule has 1 rings (SSSR count). The first-order valence-corrected chi connectivity index (χ1v) is 4.72. The number of quaternary nitrogens is 1. The molecule has 1 N–H and O–H groups in total. The number of aryl methyl sites for hydroxylation is 1. The maximum absolute atomic E-state index is 11.2. The summed E-state index contributed by atoms with van der Waals surface area (Å²) < 4.78 is 5.20. The molecule has 4 heteroatoms. The summed E-state index contributed by atoms with van der Waals surface area (Å²) in [5.74, 6) is 0.799. The molecule has 0 amide bonds. The van der Waals surface area contributed by atoms with E-state index in [-0.39, 0.29) is 5.17 Å². The molecule has 82 valence electrons. The van der Waals surface area contributed by atoms with Gasteiger partial charge in [-0.1, -0.05) is 11.2 Å². The summed E-state index contributed by atoms with van der Waals surface area (Å²) in [6, 6.07) is 3.84. The van der Waals surface area contributed by atoms with Crippen LogP contribution in [0.15, 0.2) is 17.2 Å². The van der Waals surface area contributed by atoms with E-state index in [4.69, 9.17) is 4.74 Å². The Morgan fingerprint density at radius 3 is 2.67 bits per heavy atom. The lowest BCUT2D eigenvalue weighted by molar-refractivity contribution is -0.869. The third kappa shape index (κ3) is 2.55. The van der Waals surface area contributed by atoms with Gasteiger partial charge in [-0.15, -0.1) is 0 Å². The first-order valence-electron chi connectivity index (χ1n) is 4.72. The van der Waals surface area contributed by atoms with Crippen LogP contribution in [0.1, 0.15) is 16.7 Å². The summed E-state index contributed by atoms with van der Waals surface area (Å²) in [6.07, 6.45) is 0. The predicted octanol–water partition coefficient (Wildman–Crippen LogP) is 0.810. The number of nitrogens with one attached hydrogen (secondary N) is 1. The van der Waals surface area contributed by atoms with Gasteiger partial charge in [-0.2, -0.15) is 0 Å². The van der Waals surface area contributed by atoms with Crippen molar-refractivity contribution in [2.45, 2.75) is 20.4 Å². The standard InChI is InChI=1S/C11H16N2O2/c1-8-5-6-11(15-4)9(2)10(8)7-13(14)12-3/h5-6,13H,3,7H2,1-2,4H3. The van der Waals surface area contributed by atoms with E-state index in [1.807, 2.05) is 26.0 Å². The second-order valence-electron chi connectivity index (χ2n) is 3.42. The molecule has 1 aromatic carbocycles. The van der Waals surface area contributed by atoms with E-state index in [0.717, 1.165) is 22.4 Å². The lowest BCUT2D eigenvalue weighted by Gasteiger charge is -2.18. The Kier molecular flexibility index (Phi) is 3.82. The third-order valence-electron chi connectivity index (χ3n) is 2.51. The van der Waals surface area contributed by atoms with Crippen LogP contribution in [0.4, 0.5) is 0 Å². The summed E-state index contributed by atoms with van der Waals surface area (Å²) in [4.78, 5) is 0. The van der Waals surface area contributed by atoms with Gasteiger partial charge in [-0.05, 0) is 25.5 Å². The van der Waals surface area contributed by atoms with Crippen molar-refractivity contribution in [1.29, 1.82) is 0 Å². The Hall–Kier alpha value is -1.39. The van der Waals surface area contributed by atoms with Gasteiger partial charge >= 0.3 is 0 Å². The van der Waals surface area contributed by atoms with Crippen molar-refractivity contribution in [2.75, 3.05) is 7.11 Å². The molecule has 1 aromatic rings. The second-order valence-corrected chi connectivity index (χ2v) is 3.42. The molecule has 15 heavy (non-hydrogen) atoms. The highest BCUT2D eigenvalue weighted by molar-refractivity contribution is 5.43. The van der Waals surface area contributed by atoms with Gasteiger partial charge in [0.25, 0.3) is 0 Å². The fourth-order valence-corrected chi connectivity index (χ4v) is 1.57. The van der Waals surface area contributed by atoms with Crippen molar-refractivity contribution in [3.63, 3.8) is 0 Å². The number of benzene rings is 1. The highest BCUT2D eigenvalue weighted by atomic mass is 16.5. The lowest BCUT2D eigenvalue weighted by atomic mass is 10.0. The number of rotatable bonds is 4. The van der Waals surface area contributed by atoms with E-state index in [1.54, 1.807) is 7.11 Å². The van der Waals surface area contributed by atoms with Gasteiger partial charge in [0.05, 0.1) is 7.11 Å². The summed E-state index contributed by atoms with van der Waals surface area (Å²) in [7, 11) is 1.62. The highest BCUT2D eigenvalue weighted by Crippen LogP contribution is 2.23. The average Bonchev–Trinajstić information content (AvgIpc) is 2.24. The minimum Gasteiger partial charge on any atom is -0.606 e. The number of hydrogen-bond acceptors (Lipinski definition) is 3. The van der Waals surface area contributed by atoms with E-state index in [1.165, 1.54) is 0 Å². The van der Waals surface area contributed by atoms with Gasteiger partial charge in [0, 0.05) is 17.8 Å². The fourth-order valence-electron chi connectivity index (χ4n) is 1.57. The summed E-state index contributed by atoms with van der Waals surface area (Å²) in [6.45, 7) is 7.43. The molecule has 0 spiro atoms.